The van der Waals surface area contributed by atoms with Gasteiger partial charge < -0.3 is 0 Å². The Balaban J connectivity index is 2.41. The van der Waals surface area contributed by atoms with E-state index in [1.165, 1.54) is 0 Å². The predicted octanol–water partition coefficient (Wildman–Crippen LogP) is 2.81. The smallest absolute Gasteiger partial charge is 0.263 e. The number of aromatic nitrogens is 1. The molecule has 0 fully saturated rings. The van der Waals surface area contributed by atoms with E-state index in [9.17, 15) is 8.42 Å². The van der Waals surface area contributed by atoms with Crippen LogP contribution >= 0.6 is 0 Å². The monoisotopic (exact) mass is 276 g/mol. The third kappa shape index (κ3) is 2.93. The molecular weight excluding hydrogens is 260 g/mol. The zero-order valence-corrected chi connectivity index (χ0v) is 12.0. The van der Waals surface area contributed by atoms with Gasteiger partial charge in [-0.05, 0) is 44.0 Å². The second-order valence-corrected chi connectivity index (χ2v) is 6.19. The summed E-state index contributed by atoms with van der Waals surface area (Å²) in [6.07, 6.45) is 1.56. The summed E-state index contributed by atoms with van der Waals surface area (Å²) in [5.41, 5.74) is 2.54. The van der Waals surface area contributed by atoms with Crippen molar-refractivity contribution in [3.63, 3.8) is 0 Å². The van der Waals surface area contributed by atoms with Crippen LogP contribution in [0.25, 0.3) is 0 Å². The van der Waals surface area contributed by atoms with Crippen LogP contribution in [0.5, 0.6) is 0 Å². The summed E-state index contributed by atoms with van der Waals surface area (Å²) in [7, 11) is -3.60. The molecule has 0 saturated heterocycles. The third-order valence-corrected chi connectivity index (χ3v) is 4.36. The van der Waals surface area contributed by atoms with E-state index in [2.05, 4.69) is 9.71 Å². The van der Waals surface area contributed by atoms with Gasteiger partial charge in [-0.3, -0.25) is 4.72 Å². The van der Waals surface area contributed by atoms with Crippen molar-refractivity contribution in [2.24, 2.45) is 0 Å². The second kappa shape index (κ2) is 5.01. The van der Waals surface area contributed by atoms with Crippen LogP contribution in [-0.2, 0) is 10.0 Å². The number of aryl methyl sites for hydroxylation is 3. The fraction of sp³-hybridized carbons (Fsp3) is 0.214. The maximum Gasteiger partial charge on any atom is 0.263 e. The van der Waals surface area contributed by atoms with Gasteiger partial charge in [-0.1, -0.05) is 23.8 Å². The fourth-order valence-corrected chi connectivity index (χ4v) is 3.18. The quantitative estimate of drug-likeness (QED) is 0.937. The Morgan fingerprint density at radius 3 is 2.42 bits per heavy atom. The van der Waals surface area contributed by atoms with Crippen molar-refractivity contribution in [3.8, 4) is 0 Å². The largest absolute Gasteiger partial charge is 0.263 e. The van der Waals surface area contributed by atoms with Gasteiger partial charge in [0.05, 0.1) is 4.90 Å². The Labute approximate surface area is 113 Å². The number of nitrogens with one attached hydrogen (secondary N) is 1. The van der Waals surface area contributed by atoms with Gasteiger partial charge in [-0.2, -0.15) is 0 Å². The fourth-order valence-electron chi connectivity index (χ4n) is 1.88. The second-order valence-electron chi connectivity index (χ2n) is 4.54. The molecule has 0 radical (unpaired) electrons. The Morgan fingerprint density at radius 2 is 1.79 bits per heavy atom. The highest BCUT2D eigenvalue weighted by Gasteiger charge is 2.18. The van der Waals surface area contributed by atoms with Crippen molar-refractivity contribution in [2.45, 2.75) is 25.7 Å². The minimum atomic E-state index is -3.60. The van der Waals surface area contributed by atoms with Gasteiger partial charge in [-0.15, -0.1) is 0 Å². The van der Waals surface area contributed by atoms with E-state index < -0.39 is 10.0 Å². The molecule has 0 unspecified atom stereocenters. The highest BCUT2D eigenvalue weighted by Crippen LogP contribution is 2.20. The number of sulfonamides is 1. The van der Waals surface area contributed by atoms with Crippen LogP contribution < -0.4 is 4.72 Å². The van der Waals surface area contributed by atoms with Crippen LogP contribution in [0.1, 0.15) is 16.7 Å². The molecule has 1 aromatic heterocycles. The summed E-state index contributed by atoms with van der Waals surface area (Å²) in [6, 6.07) is 8.83. The minimum Gasteiger partial charge on any atom is -0.263 e. The van der Waals surface area contributed by atoms with Gasteiger partial charge in [0.1, 0.15) is 5.82 Å². The molecule has 0 spiro atoms. The van der Waals surface area contributed by atoms with Crippen molar-refractivity contribution < 1.29 is 8.42 Å². The van der Waals surface area contributed by atoms with Crippen molar-refractivity contribution >= 4 is 15.8 Å². The lowest BCUT2D eigenvalue weighted by atomic mass is 10.2. The Hall–Kier alpha value is -1.88. The third-order valence-electron chi connectivity index (χ3n) is 2.86. The minimum absolute atomic E-state index is 0.281. The molecule has 0 bridgehead atoms. The number of benzene rings is 1. The molecule has 0 saturated carbocycles. The van der Waals surface area contributed by atoms with E-state index in [0.717, 1.165) is 16.7 Å². The normalized spacial score (nSPS) is 11.3. The molecule has 2 rings (SSSR count). The Bertz CT molecular complexity index is 709. The zero-order chi connectivity index (χ0) is 14.0. The summed E-state index contributed by atoms with van der Waals surface area (Å²) in [6.45, 7) is 5.53. The summed E-state index contributed by atoms with van der Waals surface area (Å²) in [5, 5.41) is 0. The number of anilines is 1. The van der Waals surface area contributed by atoms with E-state index in [0.29, 0.717) is 5.82 Å². The first-order valence-electron chi connectivity index (χ1n) is 5.92. The Morgan fingerprint density at radius 1 is 1.05 bits per heavy atom. The lowest BCUT2D eigenvalue weighted by Gasteiger charge is -2.11. The number of pyridine rings is 1. The first-order valence-corrected chi connectivity index (χ1v) is 7.40. The lowest BCUT2D eigenvalue weighted by molar-refractivity contribution is 0.600. The number of hydrogen-bond acceptors (Lipinski definition) is 3. The summed E-state index contributed by atoms with van der Waals surface area (Å²) in [4.78, 5) is 4.33. The molecule has 0 atom stereocenters. The van der Waals surface area contributed by atoms with E-state index in [1.807, 2.05) is 26.0 Å². The topological polar surface area (TPSA) is 59.1 Å². The van der Waals surface area contributed by atoms with Crippen LogP contribution in [0.3, 0.4) is 0 Å². The summed E-state index contributed by atoms with van der Waals surface area (Å²) in [5.74, 6) is 0.363. The zero-order valence-electron chi connectivity index (χ0n) is 11.1. The van der Waals surface area contributed by atoms with E-state index in [1.54, 1.807) is 31.3 Å². The van der Waals surface area contributed by atoms with Crippen LogP contribution in [0.2, 0.25) is 0 Å². The molecule has 1 aromatic carbocycles. The van der Waals surface area contributed by atoms with Gasteiger partial charge >= 0.3 is 0 Å². The molecule has 5 heteroatoms. The number of rotatable bonds is 3. The summed E-state index contributed by atoms with van der Waals surface area (Å²) >= 11 is 0. The lowest BCUT2D eigenvalue weighted by Crippen LogP contribution is -2.16. The Kier molecular flexibility index (Phi) is 3.57. The molecular formula is C14H16N2O2S. The first kappa shape index (κ1) is 13.5. The van der Waals surface area contributed by atoms with Gasteiger partial charge in [0.15, 0.2) is 0 Å². The molecule has 4 nitrogen and oxygen atoms in total. The average Bonchev–Trinajstić information content (AvgIpc) is 2.31. The van der Waals surface area contributed by atoms with Crippen LogP contribution in [0.15, 0.2) is 41.4 Å². The SMILES string of the molecule is Cc1ccc(S(=O)(=O)Nc2ncccc2C)c(C)c1. The highest BCUT2D eigenvalue weighted by molar-refractivity contribution is 7.92. The number of nitrogens with zero attached hydrogens (tertiary/aromatic N) is 1. The number of hydrogen-bond donors (Lipinski definition) is 1. The van der Waals surface area contributed by atoms with E-state index in [-0.39, 0.29) is 4.90 Å². The van der Waals surface area contributed by atoms with Crippen LogP contribution in [0, 0.1) is 20.8 Å². The summed E-state index contributed by atoms with van der Waals surface area (Å²) < 4.78 is 27.2. The van der Waals surface area contributed by atoms with Crippen molar-refractivity contribution in [3.05, 3.63) is 53.2 Å². The maximum atomic E-state index is 12.3. The van der Waals surface area contributed by atoms with E-state index >= 15 is 0 Å². The molecule has 1 N–H and O–H groups in total. The highest BCUT2D eigenvalue weighted by atomic mass is 32.2. The van der Waals surface area contributed by atoms with Gasteiger partial charge in [0.2, 0.25) is 0 Å². The van der Waals surface area contributed by atoms with Crippen molar-refractivity contribution in [1.29, 1.82) is 0 Å². The maximum absolute atomic E-state index is 12.3. The molecule has 0 amide bonds. The molecule has 0 aliphatic carbocycles. The first-order chi connectivity index (χ1) is 8.90. The molecule has 0 aliphatic heterocycles. The van der Waals surface area contributed by atoms with Gasteiger partial charge in [0.25, 0.3) is 10.0 Å². The molecule has 19 heavy (non-hydrogen) atoms. The predicted molar refractivity (Wildman–Crippen MR) is 75.7 cm³/mol. The van der Waals surface area contributed by atoms with Crippen LogP contribution in [0.4, 0.5) is 5.82 Å². The molecule has 100 valence electrons. The standard InChI is InChI=1S/C14H16N2O2S/c1-10-6-7-13(12(3)9-10)19(17,18)16-14-11(2)5-4-8-15-14/h4-9H,1-3H3,(H,15,16). The molecule has 0 aliphatic rings. The van der Waals surface area contributed by atoms with Gasteiger partial charge in [-0.25, -0.2) is 13.4 Å². The average molecular weight is 276 g/mol. The van der Waals surface area contributed by atoms with Crippen molar-refractivity contribution in [1.82, 2.24) is 4.98 Å². The molecule has 1 heterocycles. The molecule has 2 aromatic rings. The van der Waals surface area contributed by atoms with Crippen molar-refractivity contribution in [2.75, 3.05) is 4.72 Å². The van der Waals surface area contributed by atoms with Crippen LogP contribution in [-0.4, -0.2) is 13.4 Å². The van der Waals surface area contributed by atoms with Gasteiger partial charge in [0, 0.05) is 6.20 Å². The van der Waals surface area contributed by atoms with E-state index in [4.69, 9.17) is 0 Å².